The fourth-order valence-electron chi connectivity index (χ4n) is 5.37. The molecule has 2 aliphatic rings. The number of amides is 2. The van der Waals surface area contributed by atoms with E-state index in [0.29, 0.717) is 0 Å². The van der Waals surface area contributed by atoms with Crippen LogP contribution in [0.3, 0.4) is 0 Å². The Morgan fingerprint density at radius 3 is 2.17 bits per heavy atom. The van der Waals surface area contributed by atoms with E-state index < -0.39 is 23.5 Å². The van der Waals surface area contributed by atoms with Crippen molar-refractivity contribution in [1.82, 2.24) is 10.6 Å². The summed E-state index contributed by atoms with van der Waals surface area (Å²) in [7, 11) is 0. The van der Waals surface area contributed by atoms with Crippen molar-refractivity contribution < 1.29 is 24.2 Å². The zero-order valence-corrected chi connectivity index (χ0v) is 20.5. The quantitative estimate of drug-likeness (QED) is 0.535. The van der Waals surface area contributed by atoms with Gasteiger partial charge in [-0.3, -0.25) is 4.79 Å². The van der Waals surface area contributed by atoms with Gasteiger partial charge in [0.05, 0.1) is 0 Å². The molecule has 2 aromatic rings. The molecule has 1 fully saturated rings. The predicted octanol–water partition coefficient (Wildman–Crippen LogP) is 4.70. The Morgan fingerprint density at radius 1 is 1.00 bits per heavy atom. The summed E-state index contributed by atoms with van der Waals surface area (Å²) in [5.41, 5.74) is 4.06. The zero-order valence-electron chi connectivity index (χ0n) is 20.5. The number of hydrogen-bond donors (Lipinski definition) is 3. The predicted molar refractivity (Wildman–Crippen MR) is 133 cm³/mol. The van der Waals surface area contributed by atoms with Gasteiger partial charge in [0.1, 0.15) is 12.6 Å². The summed E-state index contributed by atoms with van der Waals surface area (Å²) in [4.78, 5) is 36.9. The lowest BCUT2D eigenvalue weighted by Gasteiger charge is -2.28. The van der Waals surface area contributed by atoms with Crippen LogP contribution < -0.4 is 10.6 Å². The average molecular weight is 479 g/mol. The van der Waals surface area contributed by atoms with Gasteiger partial charge in [0, 0.05) is 18.4 Å². The number of rotatable bonds is 7. The van der Waals surface area contributed by atoms with Crippen molar-refractivity contribution in [2.24, 2.45) is 11.3 Å². The number of hydrogen-bond acceptors (Lipinski definition) is 4. The van der Waals surface area contributed by atoms with E-state index in [1.54, 1.807) is 20.8 Å². The van der Waals surface area contributed by atoms with Crippen LogP contribution in [-0.2, 0) is 14.3 Å². The van der Waals surface area contributed by atoms with Gasteiger partial charge in [-0.25, -0.2) is 9.59 Å². The van der Waals surface area contributed by atoms with Gasteiger partial charge in [0.25, 0.3) is 0 Å². The van der Waals surface area contributed by atoms with Crippen LogP contribution in [0.1, 0.15) is 63.5 Å². The number of nitrogens with one attached hydrogen (secondary N) is 2. The van der Waals surface area contributed by atoms with Gasteiger partial charge in [0.2, 0.25) is 5.91 Å². The molecule has 3 N–H and O–H groups in total. The number of carbonyl (C=O) groups is 3. The van der Waals surface area contributed by atoms with Crippen molar-refractivity contribution in [2.45, 2.75) is 64.5 Å². The number of carbonyl (C=O) groups excluding carboxylic acids is 2. The minimum atomic E-state index is -1.05. The van der Waals surface area contributed by atoms with E-state index in [9.17, 15) is 19.5 Å². The summed E-state index contributed by atoms with van der Waals surface area (Å²) in [5, 5.41) is 15.1. The van der Waals surface area contributed by atoms with Gasteiger partial charge in [-0.15, -0.1) is 0 Å². The Morgan fingerprint density at radius 2 is 1.60 bits per heavy atom. The molecule has 0 bridgehead atoms. The number of alkyl carbamates (subject to hydrolysis) is 1. The minimum Gasteiger partial charge on any atom is -0.480 e. The summed E-state index contributed by atoms with van der Waals surface area (Å²) < 4.78 is 5.67. The summed E-state index contributed by atoms with van der Waals surface area (Å²) in [5.74, 6) is -1.42. The fourth-order valence-corrected chi connectivity index (χ4v) is 5.37. The van der Waals surface area contributed by atoms with Gasteiger partial charge in [0.15, 0.2) is 0 Å². The molecule has 0 aromatic heterocycles. The normalized spacial score (nSPS) is 20.0. The molecule has 2 aliphatic carbocycles. The number of ether oxygens (including phenoxy) is 1. The Bertz CT molecular complexity index is 1060. The number of fused-ring (bicyclic) bond motifs is 3. The molecule has 186 valence electrons. The number of carboxylic acids is 1. The lowest BCUT2D eigenvalue weighted by molar-refractivity contribution is -0.145. The SMILES string of the molecule is CC(C)(C)[C@@H](NC(=O)CC1CCCC1NC(=O)OCC1c2ccccc2-c2ccccc21)C(=O)O. The largest absolute Gasteiger partial charge is 0.480 e. The zero-order chi connectivity index (χ0) is 25.2. The third-order valence-electron chi connectivity index (χ3n) is 7.17. The smallest absolute Gasteiger partial charge is 0.407 e. The third-order valence-corrected chi connectivity index (χ3v) is 7.17. The Labute approximate surface area is 206 Å². The topological polar surface area (TPSA) is 105 Å². The molecule has 0 heterocycles. The first-order valence-corrected chi connectivity index (χ1v) is 12.3. The van der Waals surface area contributed by atoms with Gasteiger partial charge < -0.3 is 20.5 Å². The molecule has 35 heavy (non-hydrogen) atoms. The highest BCUT2D eigenvalue weighted by atomic mass is 16.5. The van der Waals surface area contributed by atoms with E-state index in [1.807, 2.05) is 24.3 Å². The molecule has 2 aromatic carbocycles. The highest BCUT2D eigenvalue weighted by Crippen LogP contribution is 2.44. The molecular weight excluding hydrogens is 444 g/mol. The van der Waals surface area contributed by atoms with E-state index in [0.717, 1.165) is 30.4 Å². The van der Waals surface area contributed by atoms with Gasteiger partial charge in [-0.2, -0.15) is 0 Å². The number of aliphatic carboxylic acids is 1. The summed E-state index contributed by atoms with van der Waals surface area (Å²) in [6.07, 6.45) is 2.16. The molecular formula is C28H34N2O5. The van der Waals surface area contributed by atoms with Crippen LogP contribution in [0.2, 0.25) is 0 Å². The van der Waals surface area contributed by atoms with Crippen LogP contribution in [-0.4, -0.2) is 41.8 Å². The molecule has 7 nitrogen and oxygen atoms in total. The second-order valence-corrected chi connectivity index (χ2v) is 10.7. The van der Waals surface area contributed by atoms with Crippen molar-refractivity contribution in [2.75, 3.05) is 6.61 Å². The van der Waals surface area contributed by atoms with Gasteiger partial charge in [-0.1, -0.05) is 75.7 Å². The summed E-state index contributed by atoms with van der Waals surface area (Å²) in [6, 6.07) is 15.2. The second kappa shape index (κ2) is 10.1. The van der Waals surface area contributed by atoms with E-state index >= 15 is 0 Å². The maximum absolute atomic E-state index is 12.7. The van der Waals surface area contributed by atoms with Gasteiger partial charge in [-0.05, 0) is 46.4 Å². The molecule has 7 heteroatoms. The van der Waals surface area contributed by atoms with Crippen LogP contribution in [0.4, 0.5) is 4.79 Å². The molecule has 4 rings (SSSR count). The third kappa shape index (κ3) is 5.50. The van der Waals surface area contributed by atoms with Crippen molar-refractivity contribution in [3.8, 4) is 11.1 Å². The van der Waals surface area contributed by atoms with Crippen LogP contribution in [0.25, 0.3) is 11.1 Å². The summed E-state index contributed by atoms with van der Waals surface area (Å²) in [6.45, 7) is 5.58. The highest BCUT2D eigenvalue weighted by Gasteiger charge is 2.36. The molecule has 2 unspecified atom stereocenters. The highest BCUT2D eigenvalue weighted by molar-refractivity contribution is 5.84. The molecule has 2 amide bonds. The Balaban J connectivity index is 1.33. The Hall–Kier alpha value is -3.35. The molecule has 0 radical (unpaired) electrons. The lowest BCUT2D eigenvalue weighted by Crippen LogP contribution is -2.50. The second-order valence-electron chi connectivity index (χ2n) is 10.7. The van der Waals surface area contributed by atoms with E-state index in [-0.39, 0.29) is 36.8 Å². The van der Waals surface area contributed by atoms with Crippen LogP contribution in [0, 0.1) is 11.3 Å². The first-order valence-electron chi connectivity index (χ1n) is 12.3. The van der Waals surface area contributed by atoms with E-state index in [4.69, 9.17) is 4.74 Å². The summed E-state index contributed by atoms with van der Waals surface area (Å²) >= 11 is 0. The average Bonchev–Trinajstić information content (AvgIpc) is 3.37. The monoisotopic (exact) mass is 478 g/mol. The number of carboxylic acid groups (broad SMARTS) is 1. The standard InChI is InChI=1S/C28H34N2O5/c1-28(2,3)25(26(32)33)30-24(31)15-17-9-8-14-23(17)29-27(34)35-16-22-20-12-6-4-10-18(20)19-11-5-7-13-21(19)22/h4-7,10-13,17,22-23,25H,8-9,14-16H2,1-3H3,(H,29,34)(H,30,31)(H,32,33)/t17?,23?,25-/m0/s1. The van der Waals surface area contributed by atoms with E-state index in [1.165, 1.54) is 11.1 Å². The maximum Gasteiger partial charge on any atom is 0.407 e. The first kappa shape index (κ1) is 24.8. The van der Waals surface area contributed by atoms with Crippen molar-refractivity contribution in [3.05, 3.63) is 59.7 Å². The molecule has 0 spiro atoms. The Kier molecular flexibility index (Phi) is 7.15. The first-order chi connectivity index (χ1) is 16.6. The van der Waals surface area contributed by atoms with Gasteiger partial charge >= 0.3 is 12.1 Å². The maximum atomic E-state index is 12.7. The fraction of sp³-hybridized carbons (Fsp3) is 0.464. The minimum absolute atomic E-state index is 0.0105. The van der Waals surface area contributed by atoms with Crippen molar-refractivity contribution in [1.29, 1.82) is 0 Å². The molecule has 0 aliphatic heterocycles. The van der Waals surface area contributed by atoms with Crippen molar-refractivity contribution in [3.63, 3.8) is 0 Å². The molecule has 1 saturated carbocycles. The van der Waals surface area contributed by atoms with Crippen LogP contribution in [0.5, 0.6) is 0 Å². The molecule has 0 saturated heterocycles. The number of benzene rings is 2. The molecule has 3 atom stereocenters. The van der Waals surface area contributed by atoms with Crippen molar-refractivity contribution >= 4 is 18.0 Å². The van der Waals surface area contributed by atoms with E-state index in [2.05, 4.69) is 34.9 Å². The van der Waals surface area contributed by atoms with Crippen LogP contribution in [0.15, 0.2) is 48.5 Å². The lowest BCUT2D eigenvalue weighted by atomic mass is 9.86. The van der Waals surface area contributed by atoms with Crippen LogP contribution >= 0.6 is 0 Å².